The zero-order chi connectivity index (χ0) is 9.47. The molecule has 13 heavy (non-hydrogen) atoms. The van der Waals surface area contributed by atoms with Crippen LogP contribution in [-0.4, -0.2) is 0 Å². The maximum Gasteiger partial charge on any atom is -0.0295 e. The predicted molar refractivity (Wildman–Crippen MR) is 57.6 cm³/mol. The molecule has 0 heterocycles. The molecule has 0 radical (unpaired) electrons. The molecule has 0 aromatic heterocycles. The molecule has 2 aliphatic rings. The quantitative estimate of drug-likeness (QED) is 0.523. The van der Waals surface area contributed by atoms with E-state index >= 15 is 0 Å². The Morgan fingerprint density at radius 3 is 2.62 bits per heavy atom. The molecule has 0 aromatic rings. The third-order valence-electron chi connectivity index (χ3n) is 4.85. The largest absolute Gasteiger partial charge is 0.0625 e. The van der Waals surface area contributed by atoms with E-state index < -0.39 is 0 Å². The van der Waals surface area contributed by atoms with Crippen molar-refractivity contribution in [2.45, 2.75) is 59.3 Å². The SMILES string of the molecule is CC1CCC2(C)CCCC(C)C2C1. The Hall–Kier alpha value is 0. The molecule has 4 atom stereocenters. The minimum atomic E-state index is 0.726. The van der Waals surface area contributed by atoms with Crippen molar-refractivity contribution >= 4 is 0 Å². The van der Waals surface area contributed by atoms with E-state index in [-0.39, 0.29) is 0 Å². The minimum Gasteiger partial charge on any atom is -0.0625 e. The Bertz CT molecular complexity index is 184. The third-order valence-corrected chi connectivity index (χ3v) is 4.85. The molecule has 0 nitrogen and oxygen atoms in total. The normalized spacial score (nSPS) is 51.5. The zero-order valence-corrected chi connectivity index (χ0v) is 9.47. The van der Waals surface area contributed by atoms with Crippen LogP contribution in [0, 0.1) is 23.2 Å². The molecular weight excluding hydrogens is 156 g/mol. The Kier molecular flexibility index (Phi) is 2.42. The molecule has 76 valence electrons. The van der Waals surface area contributed by atoms with Crippen LogP contribution >= 0.6 is 0 Å². The van der Waals surface area contributed by atoms with Gasteiger partial charge in [-0.1, -0.05) is 40.0 Å². The summed E-state index contributed by atoms with van der Waals surface area (Å²) >= 11 is 0. The van der Waals surface area contributed by atoms with Gasteiger partial charge in [0.2, 0.25) is 0 Å². The van der Waals surface area contributed by atoms with Gasteiger partial charge in [0, 0.05) is 0 Å². The van der Waals surface area contributed by atoms with Gasteiger partial charge < -0.3 is 0 Å². The number of rotatable bonds is 0. The lowest BCUT2D eigenvalue weighted by atomic mass is 9.55. The van der Waals surface area contributed by atoms with Gasteiger partial charge in [0.25, 0.3) is 0 Å². The molecule has 2 rings (SSSR count). The average molecular weight is 180 g/mol. The fourth-order valence-corrected chi connectivity index (χ4v) is 3.86. The second-order valence-electron chi connectivity index (χ2n) is 6.01. The van der Waals surface area contributed by atoms with Crippen molar-refractivity contribution in [1.82, 2.24) is 0 Å². The monoisotopic (exact) mass is 180 g/mol. The van der Waals surface area contributed by atoms with Crippen molar-refractivity contribution in [1.29, 1.82) is 0 Å². The van der Waals surface area contributed by atoms with Crippen molar-refractivity contribution in [3.05, 3.63) is 0 Å². The van der Waals surface area contributed by atoms with Crippen LogP contribution in [0.15, 0.2) is 0 Å². The lowest BCUT2D eigenvalue weighted by Gasteiger charge is -2.50. The first-order valence-electron chi connectivity index (χ1n) is 6.12. The third kappa shape index (κ3) is 1.65. The van der Waals surface area contributed by atoms with Crippen molar-refractivity contribution < 1.29 is 0 Å². The lowest BCUT2D eigenvalue weighted by molar-refractivity contribution is 0.00397. The number of hydrogen-bond acceptors (Lipinski definition) is 0. The first-order valence-corrected chi connectivity index (χ1v) is 6.12. The molecule has 4 unspecified atom stereocenters. The topological polar surface area (TPSA) is 0 Å². The Balaban J connectivity index is 2.13. The van der Waals surface area contributed by atoms with Crippen molar-refractivity contribution in [3.8, 4) is 0 Å². The fourth-order valence-electron chi connectivity index (χ4n) is 3.86. The summed E-state index contributed by atoms with van der Waals surface area (Å²) in [6.07, 6.45) is 8.99. The summed E-state index contributed by atoms with van der Waals surface area (Å²) in [4.78, 5) is 0. The van der Waals surface area contributed by atoms with E-state index in [1.165, 1.54) is 38.5 Å². The summed E-state index contributed by atoms with van der Waals surface area (Å²) in [5, 5.41) is 0. The summed E-state index contributed by atoms with van der Waals surface area (Å²) in [6.45, 7) is 7.49. The fraction of sp³-hybridized carbons (Fsp3) is 1.00. The van der Waals surface area contributed by atoms with Gasteiger partial charge in [0.05, 0.1) is 0 Å². The van der Waals surface area contributed by atoms with E-state index in [1.54, 1.807) is 0 Å². The Morgan fingerprint density at radius 2 is 1.85 bits per heavy atom. The van der Waals surface area contributed by atoms with Crippen LogP contribution < -0.4 is 0 Å². The predicted octanol–water partition coefficient (Wildman–Crippen LogP) is 4.25. The Morgan fingerprint density at radius 1 is 1.08 bits per heavy atom. The van der Waals surface area contributed by atoms with Gasteiger partial charge in [-0.3, -0.25) is 0 Å². The van der Waals surface area contributed by atoms with Crippen LogP contribution in [0.4, 0.5) is 0 Å². The molecule has 0 N–H and O–H groups in total. The molecule has 2 fully saturated rings. The van der Waals surface area contributed by atoms with Crippen molar-refractivity contribution in [2.75, 3.05) is 0 Å². The van der Waals surface area contributed by atoms with E-state index in [2.05, 4.69) is 20.8 Å². The maximum absolute atomic E-state index is 2.55. The van der Waals surface area contributed by atoms with E-state index in [9.17, 15) is 0 Å². The maximum atomic E-state index is 2.55. The van der Waals surface area contributed by atoms with E-state index in [1.807, 2.05) is 0 Å². The zero-order valence-electron chi connectivity index (χ0n) is 9.47. The van der Waals surface area contributed by atoms with Crippen LogP contribution in [0.1, 0.15) is 59.3 Å². The summed E-state index contributed by atoms with van der Waals surface area (Å²) < 4.78 is 0. The number of hydrogen-bond donors (Lipinski definition) is 0. The lowest BCUT2D eigenvalue weighted by Crippen LogP contribution is -2.40. The summed E-state index contributed by atoms with van der Waals surface area (Å²) in [5.41, 5.74) is 0.726. The van der Waals surface area contributed by atoms with Crippen LogP contribution in [0.2, 0.25) is 0 Å². The highest BCUT2D eigenvalue weighted by Gasteiger charge is 2.43. The van der Waals surface area contributed by atoms with Gasteiger partial charge in [0.1, 0.15) is 0 Å². The van der Waals surface area contributed by atoms with Crippen LogP contribution in [0.5, 0.6) is 0 Å². The van der Waals surface area contributed by atoms with E-state index in [0.29, 0.717) is 0 Å². The molecule has 0 bridgehead atoms. The smallest absolute Gasteiger partial charge is 0.0295 e. The number of fused-ring (bicyclic) bond motifs is 1. The first-order chi connectivity index (χ1) is 6.12. The molecule has 2 saturated carbocycles. The van der Waals surface area contributed by atoms with Gasteiger partial charge in [-0.25, -0.2) is 0 Å². The van der Waals surface area contributed by atoms with Gasteiger partial charge in [0.15, 0.2) is 0 Å². The summed E-state index contributed by atoms with van der Waals surface area (Å²) in [5.74, 6) is 3.05. The highest BCUT2D eigenvalue weighted by atomic mass is 14.5. The second kappa shape index (κ2) is 3.29. The molecule has 0 amide bonds. The van der Waals surface area contributed by atoms with Crippen LogP contribution in [0.25, 0.3) is 0 Å². The van der Waals surface area contributed by atoms with Crippen LogP contribution in [0.3, 0.4) is 0 Å². The average Bonchev–Trinajstić information content (AvgIpc) is 2.08. The van der Waals surface area contributed by atoms with Crippen LogP contribution in [-0.2, 0) is 0 Å². The van der Waals surface area contributed by atoms with Gasteiger partial charge in [-0.2, -0.15) is 0 Å². The standard InChI is InChI=1S/C13H24/c1-10-6-8-13(3)7-4-5-11(2)12(13)9-10/h10-12H,4-9H2,1-3H3. The molecule has 0 aromatic carbocycles. The summed E-state index contributed by atoms with van der Waals surface area (Å²) in [7, 11) is 0. The van der Waals surface area contributed by atoms with E-state index in [4.69, 9.17) is 0 Å². The van der Waals surface area contributed by atoms with Crippen molar-refractivity contribution in [3.63, 3.8) is 0 Å². The molecule has 0 spiro atoms. The Labute approximate surface area is 83.1 Å². The second-order valence-corrected chi connectivity index (χ2v) is 6.01. The minimum absolute atomic E-state index is 0.726. The molecule has 0 heteroatoms. The molecule has 0 aliphatic heterocycles. The molecule has 0 saturated heterocycles. The van der Waals surface area contributed by atoms with Crippen molar-refractivity contribution in [2.24, 2.45) is 23.2 Å². The highest BCUT2D eigenvalue weighted by molar-refractivity contribution is 4.93. The summed E-state index contributed by atoms with van der Waals surface area (Å²) in [6, 6.07) is 0. The molecule has 2 aliphatic carbocycles. The molecular formula is C13H24. The van der Waals surface area contributed by atoms with Gasteiger partial charge >= 0.3 is 0 Å². The van der Waals surface area contributed by atoms with Gasteiger partial charge in [-0.15, -0.1) is 0 Å². The van der Waals surface area contributed by atoms with E-state index in [0.717, 1.165) is 23.2 Å². The highest BCUT2D eigenvalue weighted by Crippen LogP contribution is 2.53. The first kappa shape index (κ1) is 9.55. The van der Waals surface area contributed by atoms with Gasteiger partial charge in [-0.05, 0) is 42.4 Å².